The van der Waals surface area contributed by atoms with E-state index in [0.717, 1.165) is 0 Å². The maximum absolute atomic E-state index is 11.9. The highest BCUT2D eigenvalue weighted by Crippen LogP contribution is 2.25. The van der Waals surface area contributed by atoms with E-state index in [1.54, 1.807) is 17.4 Å². The molecule has 106 valence electrons. The summed E-state index contributed by atoms with van der Waals surface area (Å²) in [5.41, 5.74) is 0.459. The molecule has 1 rings (SSSR count). The largest absolute Gasteiger partial charge is 0.471 e. The Morgan fingerprint density at radius 1 is 1.42 bits per heavy atom. The van der Waals surface area contributed by atoms with Gasteiger partial charge in [-0.3, -0.25) is 4.79 Å². The van der Waals surface area contributed by atoms with Gasteiger partial charge in [0.1, 0.15) is 0 Å². The molecule has 2 N–H and O–H groups in total. The van der Waals surface area contributed by atoms with Gasteiger partial charge >= 0.3 is 12.1 Å². The highest BCUT2D eigenvalue weighted by atomic mass is 79.9. The van der Waals surface area contributed by atoms with E-state index in [0.29, 0.717) is 15.1 Å². The Labute approximate surface area is 120 Å². The number of halogens is 5. The molecule has 0 saturated heterocycles. The zero-order valence-corrected chi connectivity index (χ0v) is 11.8. The monoisotopic (exact) mass is 359 g/mol. The molecule has 0 aromatic heterocycles. The number of amides is 1. The van der Waals surface area contributed by atoms with Crippen molar-refractivity contribution in [1.82, 2.24) is 5.32 Å². The summed E-state index contributed by atoms with van der Waals surface area (Å²) in [6.07, 6.45) is -5.97. The maximum Gasteiger partial charge on any atom is 0.471 e. The van der Waals surface area contributed by atoms with Gasteiger partial charge in [0.2, 0.25) is 0 Å². The first-order valence-electron chi connectivity index (χ1n) is 5.19. The Morgan fingerprint density at radius 3 is 2.58 bits per heavy atom. The Kier molecular flexibility index (Phi) is 5.64. The Morgan fingerprint density at radius 2 is 2.05 bits per heavy atom. The average Bonchev–Trinajstić information content (AvgIpc) is 2.26. The molecule has 0 fully saturated rings. The molecule has 19 heavy (non-hydrogen) atoms. The SMILES string of the molecule is O=C(NCCC(O)c1cc(Cl)cc(Br)c1)C(F)(F)F. The lowest BCUT2D eigenvalue weighted by Crippen LogP contribution is -2.37. The Bertz CT molecular complexity index is 447. The van der Waals surface area contributed by atoms with Gasteiger partial charge in [-0.15, -0.1) is 0 Å². The summed E-state index contributed by atoms with van der Waals surface area (Å²) in [7, 11) is 0. The van der Waals surface area contributed by atoms with E-state index in [1.807, 2.05) is 0 Å². The van der Waals surface area contributed by atoms with Gasteiger partial charge in [0.15, 0.2) is 0 Å². The second-order valence-electron chi connectivity index (χ2n) is 3.76. The molecule has 0 aliphatic rings. The molecule has 1 aromatic rings. The highest BCUT2D eigenvalue weighted by molar-refractivity contribution is 9.10. The van der Waals surface area contributed by atoms with Crippen LogP contribution in [0.25, 0.3) is 0 Å². The lowest BCUT2D eigenvalue weighted by molar-refractivity contribution is -0.173. The van der Waals surface area contributed by atoms with Gasteiger partial charge in [-0.2, -0.15) is 13.2 Å². The van der Waals surface area contributed by atoms with E-state index in [4.69, 9.17) is 11.6 Å². The normalized spacial score (nSPS) is 13.2. The van der Waals surface area contributed by atoms with Crippen molar-refractivity contribution in [1.29, 1.82) is 0 Å². The quantitative estimate of drug-likeness (QED) is 0.866. The molecule has 0 spiro atoms. The van der Waals surface area contributed by atoms with Gasteiger partial charge < -0.3 is 10.4 Å². The van der Waals surface area contributed by atoms with Crippen LogP contribution < -0.4 is 5.32 Å². The van der Waals surface area contributed by atoms with E-state index in [9.17, 15) is 23.1 Å². The van der Waals surface area contributed by atoms with Crippen molar-refractivity contribution in [2.75, 3.05) is 6.54 Å². The number of rotatable bonds is 4. The minimum atomic E-state index is -4.91. The third-order valence-electron chi connectivity index (χ3n) is 2.23. The minimum absolute atomic E-state index is 0.0470. The predicted octanol–water partition coefficient (Wildman–Crippen LogP) is 3.20. The molecule has 0 radical (unpaired) electrons. The maximum atomic E-state index is 11.9. The van der Waals surface area contributed by atoms with Crippen LogP contribution >= 0.6 is 27.5 Å². The van der Waals surface area contributed by atoms with Crippen LogP contribution in [0.5, 0.6) is 0 Å². The van der Waals surface area contributed by atoms with Crippen molar-refractivity contribution < 1.29 is 23.1 Å². The molecule has 0 aliphatic carbocycles. The van der Waals surface area contributed by atoms with Crippen molar-refractivity contribution >= 4 is 33.4 Å². The van der Waals surface area contributed by atoms with Gasteiger partial charge in [0.05, 0.1) is 6.10 Å². The summed E-state index contributed by atoms with van der Waals surface area (Å²) in [5, 5.41) is 11.8. The fourth-order valence-corrected chi connectivity index (χ4v) is 2.24. The summed E-state index contributed by atoms with van der Waals surface area (Å²) >= 11 is 8.96. The second kappa shape index (κ2) is 6.58. The molecule has 0 saturated carbocycles. The number of aliphatic hydroxyl groups is 1. The standard InChI is InChI=1S/C11H10BrClF3NO2/c12-7-3-6(4-8(13)5-7)9(18)1-2-17-10(19)11(14,15)16/h3-5,9,18H,1-2H2,(H,17,19). The van der Waals surface area contributed by atoms with Crippen LogP contribution in [0.2, 0.25) is 5.02 Å². The van der Waals surface area contributed by atoms with Gasteiger partial charge in [-0.05, 0) is 30.2 Å². The summed E-state index contributed by atoms with van der Waals surface area (Å²) < 4.78 is 36.4. The number of nitrogens with one attached hydrogen (secondary N) is 1. The first kappa shape index (κ1) is 16.3. The lowest BCUT2D eigenvalue weighted by atomic mass is 10.1. The molecule has 1 atom stereocenters. The Hall–Kier alpha value is -0.790. The summed E-state index contributed by atoms with van der Waals surface area (Å²) in [6, 6.07) is 4.72. The summed E-state index contributed by atoms with van der Waals surface area (Å²) in [5.74, 6) is -2.02. The molecular formula is C11H10BrClF3NO2. The van der Waals surface area contributed by atoms with Crippen molar-refractivity contribution in [2.24, 2.45) is 0 Å². The van der Waals surface area contributed by atoms with Crippen LogP contribution in [0.4, 0.5) is 13.2 Å². The first-order chi connectivity index (χ1) is 8.70. The van der Waals surface area contributed by atoms with Gasteiger partial charge in [-0.25, -0.2) is 0 Å². The zero-order chi connectivity index (χ0) is 14.6. The van der Waals surface area contributed by atoms with Crippen LogP contribution in [-0.2, 0) is 4.79 Å². The highest BCUT2D eigenvalue weighted by Gasteiger charge is 2.38. The molecule has 1 unspecified atom stereocenters. The molecule has 8 heteroatoms. The number of benzene rings is 1. The Balaban J connectivity index is 2.52. The third-order valence-corrected chi connectivity index (χ3v) is 2.91. The number of hydrogen-bond donors (Lipinski definition) is 2. The minimum Gasteiger partial charge on any atom is -0.388 e. The zero-order valence-electron chi connectivity index (χ0n) is 9.47. The molecule has 0 bridgehead atoms. The number of hydrogen-bond acceptors (Lipinski definition) is 2. The fourth-order valence-electron chi connectivity index (χ4n) is 1.36. The van der Waals surface area contributed by atoms with E-state index in [2.05, 4.69) is 15.9 Å². The van der Waals surface area contributed by atoms with Crippen molar-refractivity contribution in [2.45, 2.75) is 18.7 Å². The number of aliphatic hydroxyl groups excluding tert-OH is 1. The van der Waals surface area contributed by atoms with Crippen LogP contribution in [0.3, 0.4) is 0 Å². The number of carbonyl (C=O) groups is 1. The van der Waals surface area contributed by atoms with E-state index >= 15 is 0 Å². The van der Waals surface area contributed by atoms with Gasteiger partial charge in [0, 0.05) is 16.0 Å². The molecule has 0 aliphatic heterocycles. The van der Waals surface area contributed by atoms with Crippen molar-refractivity contribution in [3.05, 3.63) is 33.3 Å². The molecule has 1 aromatic carbocycles. The number of alkyl halides is 3. The third kappa shape index (κ3) is 5.38. The fraction of sp³-hybridized carbons (Fsp3) is 0.364. The van der Waals surface area contributed by atoms with Crippen LogP contribution in [0.1, 0.15) is 18.1 Å². The smallest absolute Gasteiger partial charge is 0.388 e. The average molecular weight is 361 g/mol. The first-order valence-corrected chi connectivity index (χ1v) is 6.36. The van der Waals surface area contributed by atoms with Gasteiger partial charge in [-0.1, -0.05) is 27.5 Å². The molecule has 0 heterocycles. The second-order valence-corrected chi connectivity index (χ2v) is 5.11. The van der Waals surface area contributed by atoms with Crippen LogP contribution in [0, 0.1) is 0 Å². The van der Waals surface area contributed by atoms with Crippen molar-refractivity contribution in [3.8, 4) is 0 Å². The summed E-state index contributed by atoms with van der Waals surface area (Å²) in [4.78, 5) is 10.5. The lowest BCUT2D eigenvalue weighted by Gasteiger charge is -2.13. The van der Waals surface area contributed by atoms with Gasteiger partial charge in [0.25, 0.3) is 0 Å². The molecule has 3 nitrogen and oxygen atoms in total. The van der Waals surface area contributed by atoms with E-state index in [-0.39, 0.29) is 13.0 Å². The molecular weight excluding hydrogens is 350 g/mol. The van der Waals surface area contributed by atoms with E-state index < -0.39 is 18.2 Å². The molecule has 1 amide bonds. The topological polar surface area (TPSA) is 49.3 Å². The van der Waals surface area contributed by atoms with Crippen LogP contribution in [0.15, 0.2) is 22.7 Å². The summed E-state index contributed by atoms with van der Waals surface area (Å²) in [6.45, 7) is -0.288. The van der Waals surface area contributed by atoms with Crippen molar-refractivity contribution in [3.63, 3.8) is 0 Å². The van der Waals surface area contributed by atoms with Crippen LogP contribution in [-0.4, -0.2) is 23.7 Å². The predicted molar refractivity (Wildman–Crippen MR) is 67.8 cm³/mol. The van der Waals surface area contributed by atoms with E-state index in [1.165, 1.54) is 6.07 Å². The number of carbonyl (C=O) groups excluding carboxylic acids is 1.